The molecule has 5 heterocycles. The fourth-order valence-electron chi connectivity index (χ4n) is 5.45. The van der Waals surface area contributed by atoms with E-state index >= 15 is 0 Å². The maximum Gasteiger partial charge on any atom is 0.262 e. The van der Waals surface area contributed by atoms with Crippen LogP contribution in [0, 0.1) is 0 Å². The van der Waals surface area contributed by atoms with Gasteiger partial charge in [0.05, 0.1) is 11.7 Å². The summed E-state index contributed by atoms with van der Waals surface area (Å²) in [5, 5.41) is 2.24. The molecule has 1 N–H and O–H groups in total. The van der Waals surface area contributed by atoms with Gasteiger partial charge in [-0.15, -0.1) is 23.7 Å². The first kappa shape index (κ1) is 22.6. The number of para-hydroxylation sites is 1. The number of fused-ring (bicyclic) bond motifs is 4. The molecule has 0 atom stereocenters. The van der Waals surface area contributed by atoms with Crippen molar-refractivity contribution in [1.29, 1.82) is 0 Å². The molecule has 33 heavy (non-hydrogen) atoms. The van der Waals surface area contributed by atoms with E-state index in [0.717, 1.165) is 49.4 Å². The fraction of sp³-hybridized carbons (Fsp3) is 0.440. The Morgan fingerprint density at radius 2 is 1.97 bits per heavy atom. The quantitative estimate of drug-likeness (QED) is 0.472. The van der Waals surface area contributed by atoms with Crippen molar-refractivity contribution in [3.63, 3.8) is 0 Å². The van der Waals surface area contributed by atoms with Crippen LogP contribution in [-0.4, -0.2) is 57.6 Å². The van der Waals surface area contributed by atoms with E-state index in [1.165, 1.54) is 39.7 Å². The zero-order chi connectivity index (χ0) is 21.7. The number of nitrogens with zero attached hydrogens (tertiary/aromatic N) is 4. The second kappa shape index (κ2) is 9.22. The van der Waals surface area contributed by atoms with E-state index < -0.39 is 0 Å². The van der Waals surface area contributed by atoms with Crippen molar-refractivity contribution in [2.75, 3.05) is 33.2 Å². The average Bonchev–Trinajstić information content (AvgIpc) is 3.40. The van der Waals surface area contributed by atoms with E-state index in [1.54, 1.807) is 17.7 Å². The third kappa shape index (κ3) is 4.12. The van der Waals surface area contributed by atoms with Crippen LogP contribution in [0.15, 0.2) is 41.6 Å². The predicted molar refractivity (Wildman–Crippen MR) is 138 cm³/mol. The van der Waals surface area contributed by atoms with Gasteiger partial charge in [0.25, 0.3) is 5.56 Å². The lowest BCUT2D eigenvalue weighted by Gasteiger charge is -2.32. The second-order valence-electron chi connectivity index (χ2n) is 9.32. The largest absolute Gasteiger partial charge is 0.361 e. The lowest BCUT2D eigenvalue weighted by atomic mass is 9.89. The Kier molecular flexibility index (Phi) is 6.31. The van der Waals surface area contributed by atoms with Crippen molar-refractivity contribution in [2.45, 2.75) is 38.3 Å². The Labute approximate surface area is 203 Å². The number of aromatic amines is 1. The molecule has 0 amide bonds. The van der Waals surface area contributed by atoms with Crippen LogP contribution in [0.4, 0.5) is 0 Å². The lowest BCUT2D eigenvalue weighted by molar-refractivity contribution is 0.205. The second-order valence-corrected chi connectivity index (χ2v) is 10.4. The summed E-state index contributed by atoms with van der Waals surface area (Å²) < 4.78 is 1.83. The first-order chi connectivity index (χ1) is 15.7. The average molecular weight is 484 g/mol. The van der Waals surface area contributed by atoms with Gasteiger partial charge in [-0.2, -0.15) is 0 Å². The minimum atomic E-state index is 0. The van der Waals surface area contributed by atoms with Crippen LogP contribution in [-0.2, 0) is 19.5 Å². The van der Waals surface area contributed by atoms with Crippen LogP contribution >= 0.6 is 23.7 Å². The number of rotatable bonds is 4. The van der Waals surface area contributed by atoms with E-state index in [-0.39, 0.29) is 18.0 Å². The molecule has 0 bridgehead atoms. The molecular weight excluding hydrogens is 454 g/mol. The first-order valence-electron chi connectivity index (χ1n) is 11.6. The molecule has 4 aromatic rings. The molecule has 1 aromatic carbocycles. The van der Waals surface area contributed by atoms with Crippen molar-refractivity contribution in [3.8, 4) is 0 Å². The fourth-order valence-corrected chi connectivity index (χ4v) is 6.71. The first-order valence-corrected chi connectivity index (χ1v) is 12.5. The topological polar surface area (TPSA) is 57.2 Å². The van der Waals surface area contributed by atoms with Crippen LogP contribution < -0.4 is 5.56 Å². The molecule has 0 radical (unpaired) electrons. The Morgan fingerprint density at radius 1 is 1.15 bits per heavy atom. The zero-order valence-corrected chi connectivity index (χ0v) is 20.6. The smallest absolute Gasteiger partial charge is 0.262 e. The summed E-state index contributed by atoms with van der Waals surface area (Å²) in [6, 6.07) is 8.59. The maximum atomic E-state index is 13.2. The van der Waals surface area contributed by atoms with Crippen LogP contribution in [0.2, 0.25) is 0 Å². The summed E-state index contributed by atoms with van der Waals surface area (Å²) in [4.78, 5) is 28.4. The van der Waals surface area contributed by atoms with Gasteiger partial charge in [-0.3, -0.25) is 9.36 Å². The van der Waals surface area contributed by atoms with Crippen LogP contribution in [0.1, 0.15) is 34.8 Å². The highest BCUT2D eigenvalue weighted by Gasteiger charge is 2.24. The minimum Gasteiger partial charge on any atom is -0.361 e. The summed E-state index contributed by atoms with van der Waals surface area (Å²) >= 11 is 1.69. The number of likely N-dealkylation sites (N-methyl/N-ethyl adjacent to an activating group) is 1. The zero-order valence-electron chi connectivity index (χ0n) is 18.9. The Balaban J connectivity index is 0.00000228. The number of thiophene rings is 1. The SMILES string of the molecule is CN1CCc2c(sc3ncn(CCN4CCC(c5c[nH]c6ccccc56)CC4)c(=O)c23)C1.Cl. The number of halogens is 1. The summed E-state index contributed by atoms with van der Waals surface area (Å²) in [5.41, 5.74) is 4.08. The Morgan fingerprint density at radius 3 is 2.82 bits per heavy atom. The maximum absolute atomic E-state index is 13.2. The number of hydrogen-bond donors (Lipinski definition) is 1. The third-order valence-electron chi connectivity index (χ3n) is 7.32. The van der Waals surface area contributed by atoms with Gasteiger partial charge in [-0.05, 0) is 62.5 Å². The highest BCUT2D eigenvalue weighted by Crippen LogP contribution is 2.33. The molecule has 8 heteroatoms. The van der Waals surface area contributed by atoms with Gasteiger partial charge >= 0.3 is 0 Å². The molecule has 2 aliphatic rings. The molecule has 1 saturated heterocycles. The summed E-state index contributed by atoms with van der Waals surface area (Å²) in [6.07, 6.45) is 7.24. The predicted octanol–water partition coefficient (Wildman–Crippen LogP) is 4.23. The number of aromatic nitrogens is 3. The van der Waals surface area contributed by atoms with E-state index in [4.69, 9.17) is 0 Å². The van der Waals surface area contributed by atoms with Crippen molar-refractivity contribution in [2.24, 2.45) is 0 Å². The molecule has 0 saturated carbocycles. The van der Waals surface area contributed by atoms with E-state index in [9.17, 15) is 4.79 Å². The Hall–Kier alpha value is -2.19. The third-order valence-corrected chi connectivity index (χ3v) is 8.45. The highest BCUT2D eigenvalue weighted by atomic mass is 35.5. The van der Waals surface area contributed by atoms with E-state index in [1.807, 2.05) is 4.57 Å². The number of H-pyrrole nitrogens is 1. The molecule has 0 spiro atoms. The van der Waals surface area contributed by atoms with Gasteiger partial charge in [0.15, 0.2) is 0 Å². The van der Waals surface area contributed by atoms with Crippen LogP contribution in [0.5, 0.6) is 0 Å². The molecule has 6 rings (SSSR count). The van der Waals surface area contributed by atoms with Gasteiger partial charge in [-0.25, -0.2) is 4.98 Å². The molecular formula is C25H30ClN5OS. The van der Waals surface area contributed by atoms with Gasteiger partial charge in [0, 0.05) is 48.2 Å². The standard InChI is InChI=1S/C25H29N5OS.ClH/c1-28-9-8-19-22(15-28)32-24-23(19)25(31)30(16-27-24)13-12-29-10-6-17(7-11-29)20-14-26-21-5-3-2-4-18(20)21;/h2-5,14,16-17,26H,6-13,15H2,1H3;1H. The lowest BCUT2D eigenvalue weighted by Crippen LogP contribution is -2.36. The number of piperidine rings is 1. The van der Waals surface area contributed by atoms with E-state index in [0.29, 0.717) is 12.5 Å². The molecule has 2 aliphatic heterocycles. The number of likely N-dealkylation sites (tertiary alicyclic amines) is 1. The van der Waals surface area contributed by atoms with Crippen molar-refractivity contribution in [1.82, 2.24) is 24.3 Å². The van der Waals surface area contributed by atoms with Crippen LogP contribution in [0.25, 0.3) is 21.1 Å². The van der Waals surface area contributed by atoms with Gasteiger partial charge in [0.1, 0.15) is 4.83 Å². The number of nitrogens with one attached hydrogen (secondary N) is 1. The summed E-state index contributed by atoms with van der Waals surface area (Å²) in [6.45, 7) is 5.72. The molecule has 6 nitrogen and oxygen atoms in total. The van der Waals surface area contributed by atoms with E-state index in [2.05, 4.69) is 57.3 Å². The van der Waals surface area contributed by atoms with Gasteiger partial charge in [0.2, 0.25) is 0 Å². The molecule has 0 aliphatic carbocycles. The minimum absolute atomic E-state index is 0. The normalized spacial score (nSPS) is 18.0. The van der Waals surface area contributed by atoms with Crippen molar-refractivity contribution >= 4 is 44.9 Å². The molecule has 174 valence electrons. The van der Waals surface area contributed by atoms with Crippen molar-refractivity contribution in [3.05, 3.63) is 63.1 Å². The monoisotopic (exact) mass is 483 g/mol. The summed E-state index contributed by atoms with van der Waals surface area (Å²) in [5.74, 6) is 0.610. The van der Waals surface area contributed by atoms with Gasteiger partial charge < -0.3 is 14.8 Å². The van der Waals surface area contributed by atoms with Gasteiger partial charge in [-0.1, -0.05) is 18.2 Å². The Bertz CT molecular complexity index is 1330. The van der Waals surface area contributed by atoms with Crippen molar-refractivity contribution < 1.29 is 0 Å². The molecule has 3 aromatic heterocycles. The highest BCUT2D eigenvalue weighted by molar-refractivity contribution is 7.18. The molecule has 0 unspecified atom stereocenters. The molecule has 1 fully saturated rings. The number of hydrogen-bond acceptors (Lipinski definition) is 5. The van der Waals surface area contributed by atoms with Crippen LogP contribution in [0.3, 0.4) is 0 Å². The number of benzene rings is 1. The summed E-state index contributed by atoms with van der Waals surface area (Å²) in [7, 11) is 2.14.